The number of nitrogens with zero attached hydrogens (tertiary/aromatic N) is 2. The van der Waals surface area contributed by atoms with Crippen molar-refractivity contribution in [3.8, 4) is 0 Å². The first kappa shape index (κ1) is 17.3. The van der Waals surface area contributed by atoms with Gasteiger partial charge in [0.1, 0.15) is 0 Å². The highest BCUT2D eigenvalue weighted by molar-refractivity contribution is 5.80. The van der Waals surface area contributed by atoms with E-state index >= 15 is 0 Å². The summed E-state index contributed by atoms with van der Waals surface area (Å²) in [6.07, 6.45) is 5.23. The molecule has 0 radical (unpaired) electrons. The van der Waals surface area contributed by atoms with E-state index < -0.39 is 0 Å². The monoisotopic (exact) mass is 328 g/mol. The van der Waals surface area contributed by atoms with Crippen molar-refractivity contribution < 1.29 is 0 Å². The summed E-state index contributed by atoms with van der Waals surface area (Å²) in [6, 6.07) is 9.63. The first-order chi connectivity index (χ1) is 11.7. The van der Waals surface area contributed by atoms with E-state index in [1.807, 2.05) is 0 Å². The van der Waals surface area contributed by atoms with E-state index in [0.29, 0.717) is 6.04 Å². The molecule has 2 aliphatic rings. The number of hydrogen-bond donors (Lipinski definition) is 2. The van der Waals surface area contributed by atoms with Gasteiger partial charge in [0.2, 0.25) is 0 Å². The minimum Gasteiger partial charge on any atom is -0.357 e. The zero-order valence-corrected chi connectivity index (χ0v) is 15.2. The van der Waals surface area contributed by atoms with Gasteiger partial charge in [-0.3, -0.25) is 4.90 Å². The Hall–Kier alpha value is -1.55. The normalized spacial score (nSPS) is 20.2. The van der Waals surface area contributed by atoms with Crippen LogP contribution in [-0.4, -0.2) is 36.5 Å². The molecule has 1 saturated carbocycles. The Balaban J connectivity index is 1.49. The number of aliphatic imine (C=N–C) groups is 1. The third kappa shape index (κ3) is 5.52. The molecule has 2 N–H and O–H groups in total. The zero-order chi connectivity index (χ0) is 16.8. The molecular formula is C20H32N4. The van der Waals surface area contributed by atoms with Gasteiger partial charge in [0.05, 0.1) is 6.54 Å². The predicted molar refractivity (Wildman–Crippen MR) is 101 cm³/mol. The lowest BCUT2D eigenvalue weighted by Crippen LogP contribution is -2.38. The fraction of sp³-hybridized carbons (Fsp3) is 0.650. The molecule has 0 spiro atoms. The van der Waals surface area contributed by atoms with Crippen LogP contribution < -0.4 is 10.6 Å². The minimum absolute atomic E-state index is 0.637. The molecule has 2 fully saturated rings. The Kier molecular flexibility index (Phi) is 6.13. The van der Waals surface area contributed by atoms with Gasteiger partial charge in [0.25, 0.3) is 0 Å². The molecule has 0 atom stereocenters. The van der Waals surface area contributed by atoms with Crippen LogP contribution >= 0.6 is 0 Å². The fourth-order valence-corrected chi connectivity index (χ4v) is 3.14. The number of piperidine rings is 1. The Morgan fingerprint density at radius 3 is 2.38 bits per heavy atom. The summed E-state index contributed by atoms with van der Waals surface area (Å²) in [5.41, 5.74) is 2.69. The summed E-state index contributed by atoms with van der Waals surface area (Å²) in [6.45, 7) is 9.70. The molecule has 4 heteroatoms. The van der Waals surface area contributed by atoms with Crippen molar-refractivity contribution in [1.82, 2.24) is 15.5 Å². The third-order valence-corrected chi connectivity index (χ3v) is 4.99. The third-order valence-electron chi connectivity index (χ3n) is 4.99. The van der Waals surface area contributed by atoms with Gasteiger partial charge in [0.15, 0.2) is 5.96 Å². The van der Waals surface area contributed by atoms with E-state index in [1.54, 1.807) is 0 Å². The lowest BCUT2D eigenvalue weighted by atomic mass is 9.99. The Morgan fingerprint density at radius 1 is 1.08 bits per heavy atom. The molecule has 0 amide bonds. The smallest absolute Gasteiger partial charge is 0.191 e. The van der Waals surface area contributed by atoms with Gasteiger partial charge in [-0.1, -0.05) is 31.2 Å². The zero-order valence-electron chi connectivity index (χ0n) is 15.2. The van der Waals surface area contributed by atoms with Gasteiger partial charge in [-0.25, -0.2) is 4.99 Å². The molecule has 3 rings (SSSR count). The van der Waals surface area contributed by atoms with Crippen molar-refractivity contribution in [2.24, 2.45) is 10.9 Å². The lowest BCUT2D eigenvalue weighted by Gasteiger charge is -2.30. The maximum Gasteiger partial charge on any atom is 0.191 e. The number of rotatable bonds is 6. The maximum atomic E-state index is 4.70. The Bertz CT molecular complexity index is 525. The number of benzene rings is 1. The van der Waals surface area contributed by atoms with Crippen LogP contribution in [0.1, 0.15) is 50.7 Å². The molecule has 0 unspecified atom stereocenters. The van der Waals surface area contributed by atoms with Crippen molar-refractivity contribution in [2.75, 3.05) is 19.6 Å². The number of likely N-dealkylation sites (tertiary alicyclic amines) is 1. The van der Waals surface area contributed by atoms with Crippen molar-refractivity contribution in [1.29, 1.82) is 0 Å². The molecule has 1 aliphatic carbocycles. The quantitative estimate of drug-likeness (QED) is 0.622. The molecule has 4 nitrogen and oxygen atoms in total. The van der Waals surface area contributed by atoms with E-state index in [9.17, 15) is 0 Å². The Morgan fingerprint density at radius 2 is 1.75 bits per heavy atom. The van der Waals surface area contributed by atoms with Crippen LogP contribution in [-0.2, 0) is 13.1 Å². The molecule has 1 aliphatic heterocycles. The van der Waals surface area contributed by atoms with Crippen LogP contribution in [0.4, 0.5) is 0 Å². The number of hydrogen-bond acceptors (Lipinski definition) is 2. The fourth-order valence-electron chi connectivity index (χ4n) is 3.14. The van der Waals surface area contributed by atoms with Crippen molar-refractivity contribution in [3.63, 3.8) is 0 Å². The summed E-state index contributed by atoms with van der Waals surface area (Å²) in [5, 5.41) is 6.79. The lowest BCUT2D eigenvalue weighted by molar-refractivity contribution is 0.185. The summed E-state index contributed by atoms with van der Waals surface area (Å²) in [7, 11) is 0. The van der Waals surface area contributed by atoms with Gasteiger partial charge >= 0.3 is 0 Å². The van der Waals surface area contributed by atoms with E-state index in [-0.39, 0.29) is 0 Å². The molecule has 0 bridgehead atoms. The summed E-state index contributed by atoms with van der Waals surface area (Å²) in [4.78, 5) is 7.28. The molecule has 1 saturated heterocycles. The molecule has 1 aromatic carbocycles. The van der Waals surface area contributed by atoms with Crippen molar-refractivity contribution in [3.05, 3.63) is 35.4 Å². The summed E-state index contributed by atoms with van der Waals surface area (Å²) >= 11 is 0. The molecule has 1 aromatic rings. The predicted octanol–water partition coefficient (Wildman–Crippen LogP) is 3.14. The number of guanidine groups is 1. The topological polar surface area (TPSA) is 39.7 Å². The molecule has 132 valence electrons. The molecular weight excluding hydrogens is 296 g/mol. The maximum absolute atomic E-state index is 4.70. The van der Waals surface area contributed by atoms with Gasteiger partial charge < -0.3 is 10.6 Å². The molecule has 24 heavy (non-hydrogen) atoms. The minimum atomic E-state index is 0.637. The largest absolute Gasteiger partial charge is 0.357 e. The average molecular weight is 329 g/mol. The van der Waals surface area contributed by atoms with Gasteiger partial charge in [-0.15, -0.1) is 0 Å². The second-order valence-electron chi connectivity index (χ2n) is 7.39. The van der Waals surface area contributed by atoms with E-state index in [0.717, 1.165) is 31.5 Å². The van der Waals surface area contributed by atoms with Gasteiger partial charge in [-0.2, -0.15) is 0 Å². The molecule has 1 heterocycles. The van der Waals surface area contributed by atoms with Crippen LogP contribution in [0.2, 0.25) is 0 Å². The standard InChI is InChI=1S/C20H32N4/c1-3-21-20(23-19-8-9-19)22-14-17-4-6-18(7-5-17)15-24-12-10-16(2)11-13-24/h4-7,16,19H,3,8-15H2,1-2H3,(H2,21,22,23). The highest BCUT2D eigenvalue weighted by Crippen LogP contribution is 2.19. The van der Waals surface area contributed by atoms with Gasteiger partial charge in [-0.05, 0) is 62.7 Å². The van der Waals surface area contributed by atoms with E-state index in [2.05, 4.69) is 53.6 Å². The second kappa shape index (κ2) is 8.52. The van der Waals surface area contributed by atoms with Crippen LogP contribution in [0.5, 0.6) is 0 Å². The molecule has 0 aromatic heterocycles. The highest BCUT2D eigenvalue weighted by atomic mass is 15.2. The van der Waals surface area contributed by atoms with Crippen LogP contribution in [0.3, 0.4) is 0 Å². The van der Waals surface area contributed by atoms with Crippen LogP contribution in [0.25, 0.3) is 0 Å². The van der Waals surface area contributed by atoms with Crippen molar-refractivity contribution >= 4 is 5.96 Å². The van der Waals surface area contributed by atoms with E-state index in [4.69, 9.17) is 4.99 Å². The number of nitrogens with one attached hydrogen (secondary N) is 2. The van der Waals surface area contributed by atoms with Gasteiger partial charge in [0, 0.05) is 19.1 Å². The first-order valence-electron chi connectivity index (χ1n) is 9.58. The van der Waals surface area contributed by atoms with Crippen LogP contribution in [0, 0.1) is 5.92 Å². The first-order valence-corrected chi connectivity index (χ1v) is 9.58. The highest BCUT2D eigenvalue weighted by Gasteiger charge is 2.22. The summed E-state index contributed by atoms with van der Waals surface area (Å²) < 4.78 is 0. The second-order valence-corrected chi connectivity index (χ2v) is 7.39. The van der Waals surface area contributed by atoms with E-state index in [1.165, 1.54) is 49.9 Å². The SMILES string of the molecule is CCNC(=NCc1ccc(CN2CCC(C)CC2)cc1)NC1CC1. The van der Waals surface area contributed by atoms with Crippen LogP contribution in [0.15, 0.2) is 29.3 Å². The van der Waals surface area contributed by atoms with Crippen molar-refractivity contribution in [2.45, 2.75) is 58.7 Å². The average Bonchev–Trinajstić information content (AvgIpc) is 3.40. The Labute approximate surface area is 146 Å². The summed E-state index contributed by atoms with van der Waals surface area (Å²) in [5.74, 6) is 1.85.